The van der Waals surface area contributed by atoms with Gasteiger partial charge in [0.1, 0.15) is 18.3 Å². The van der Waals surface area contributed by atoms with Crippen LogP contribution in [0, 0.1) is 0 Å². The lowest BCUT2D eigenvalue weighted by Gasteiger charge is -2.47. The maximum Gasteiger partial charge on any atom is 0.267 e. The number of amides is 2. The van der Waals surface area contributed by atoms with E-state index in [1.165, 1.54) is 0 Å². The zero-order valence-electron chi connectivity index (χ0n) is 20.8. The van der Waals surface area contributed by atoms with Crippen LogP contribution in [0.15, 0.2) is 0 Å². The summed E-state index contributed by atoms with van der Waals surface area (Å²) < 4.78 is 32.0. The zero-order chi connectivity index (χ0) is 26.6. The van der Waals surface area contributed by atoms with E-state index in [0.717, 1.165) is 0 Å². The van der Waals surface area contributed by atoms with Crippen molar-refractivity contribution in [2.24, 2.45) is 0 Å². The molecule has 35 heavy (non-hydrogen) atoms. The molecule has 14 nitrogen and oxygen atoms in total. The second-order valence-corrected chi connectivity index (χ2v) is 10.4. The van der Waals surface area contributed by atoms with Crippen molar-refractivity contribution in [2.75, 3.05) is 60.7 Å². The molecule has 1 heterocycles. The van der Waals surface area contributed by atoms with Gasteiger partial charge in [0.25, 0.3) is 7.82 Å². The van der Waals surface area contributed by atoms with Gasteiger partial charge in [-0.15, -0.1) is 0 Å². The van der Waals surface area contributed by atoms with Crippen molar-refractivity contribution in [3.63, 3.8) is 0 Å². The number of aliphatic hydroxyl groups is 3. The molecule has 5 N–H and O–H groups in total. The Kier molecular flexibility index (Phi) is 13.8. The molecule has 0 aromatic heterocycles. The van der Waals surface area contributed by atoms with E-state index in [1.54, 1.807) is 28.1 Å². The molecule has 0 aliphatic carbocycles. The van der Waals surface area contributed by atoms with Crippen LogP contribution in [0.2, 0.25) is 0 Å². The molecular weight excluding hydrogens is 489 g/mol. The highest BCUT2D eigenvalue weighted by atomic mass is 31.2. The maximum atomic E-state index is 12.0. The van der Waals surface area contributed by atoms with Gasteiger partial charge in [-0.3, -0.25) is 14.2 Å². The van der Waals surface area contributed by atoms with Crippen LogP contribution in [0.4, 0.5) is 0 Å². The first-order chi connectivity index (χ1) is 16.3. The van der Waals surface area contributed by atoms with Crippen LogP contribution in [0.3, 0.4) is 0 Å². The zero-order valence-corrected chi connectivity index (χ0v) is 21.6. The molecule has 1 aliphatic heterocycles. The van der Waals surface area contributed by atoms with E-state index in [4.69, 9.17) is 9.47 Å². The lowest BCUT2D eigenvalue weighted by Crippen LogP contribution is -2.68. The summed E-state index contributed by atoms with van der Waals surface area (Å²) in [6.45, 7) is 1.09. The van der Waals surface area contributed by atoms with Crippen molar-refractivity contribution in [2.45, 2.75) is 56.8 Å². The van der Waals surface area contributed by atoms with Crippen molar-refractivity contribution in [3.8, 4) is 0 Å². The fraction of sp³-hybridized carbons (Fsp3) is 0.900. The average Bonchev–Trinajstić information content (AvgIpc) is 2.78. The molecule has 1 saturated heterocycles. The van der Waals surface area contributed by atoms with Gasteiger partial charge in [-0.05, 0) is 6.42 Å². The highest BCUT2D eigenvalue weighted by Gasteiger charge is 2.51. The number of hydrogen-bond acceptors (Lipinski definition) is 11. The fourth-order valence-corrected chi connectivity index (χ4v) is 4.18. The van der Waals surface area contributed by atoms with Gasteiger partial charge in [0, 0.05) is 25.9 Å². The normalized spacial score (nSPS) is 26.7. The van der Waals surface area contributed by atoms with Crippen molar-refractivity contribution in [3.05, 3.63) is 0 Å². The number of carbonyl (C=O) groups excluding carboxylic acids is 2. The second kappa shape index (κ2) is 15.2. The van der Waals surface area contributed by atoms with Gasteiger partial charge in [-0.25, -0.2) is 0 Å². The summed E-state index contributed by atoms with van der Waals surface area (Å²) in [5.74, 6) is -0.840. The Morgan fingerprint density at radius 3 is 2.06 bits per heavy atom. The topological polar surface area (TPSA) is 196 Å². The van der Waals surface area contributed by atoms with E-state index in [-0.39, 0.29) is 50.2 Å². The highest BCUT2D eigenvalue weighted by Crippen LogP contribution is 2.37. The van der Waals surface area contributed by atoms with Gasteiger partial charge in [0.2, 0.25) is 18.1 Å². The molecule has 0 radical (unpaired) electrons. The Balaban J connectivity index is 2.30. The van der Waals surface area contributed by atoms with Gasteiger partial charge in [-0.1, -0.05) is 6.92 Å². The van der Waals surface area contributed by atoms with Crippen molar-refractivity contribution < 1.29 is 57.4 Å². The molecule has 0 aromatic carbocycles. The fourth-order valence-electron chi connectivity index (χ4n) is 3.39. The van der Waals surface area contributed by atoms with Crippen LogP contribution in [0.1, 0.15) is 26.2 Å². The summed E-state index contributed by atoms with van der Waals surface area (Å²) in [4.78, 5) is 35.1. The summed E-state index contributed by atoms with van der Waals surface area (Å²) in [7, 11) is 1.03. The van der Waals surface area contributed by atoms with Crippen LogP contribution < -0.4 is 15.5 Å². The molecule has 0 spiro atoms. The number of nitrogens with one attached hydrogen (secondary N) is 2. The van der Waals surface area contributed by atoms with E-state index in [2.05, 4.69) is 19.7 Å². The Bertz CT molecular complexity index is 706. The first-order valence-electron chi connectivity index (χ1n) is 11.5. The quantitative estimate of drug-likeness (QED) is 0.0801. The molecule has 1 unspecified atom stereocenters. The lowest BCUT2D eigenvalue weighted by molar-refractivity contribution is -0.910. The maximum absolute atomic E-state index is 12.0. The Morgan fingerprint density at radius 1 is 1.00 bits per heavy atom. The third kappa shape index (κ3) is 11.6. The molecular formula is C20H40N3O11P. The number of carbonyl (C=O) groups is 2. The number of nitrogens with zero attached hydrogens (tertiary/aromatic N) is 1. The summed E-state index contributed by atoms with van der Waals surface area (Å²) in [5.41, 5.74) is 0. The van der Waals surface area contributed by atoms with Gasteiger partial charge in [-0.2, -0.15) is 0 Å². The lowest BCUT2D eigenvalue weighted by atomic mass is 9.95. The summed E-state index contributed by atoms with van der Waals surface area (Å²) in [6.07, 6.45) is -4.05. The molecule has 0 saturated carbocycles. The summed E-state index contributed by atoms with van der Waals surface area (Å²) in [6, 6.07) is -0.634. The summed E-state index contributed by atoms with van der Waals surface area (Å²) >= 11 is 0. The number of phosphoric ester groups is 1. The van der Waals surface area contributed by atoms with Gasteiger partial charge in [0.05, 0.1) is 47.6 Å². The van der Waals surface area contributed by atoms with Crippen LogP contribution in [0.5, 0.6) is 0 Å². The molecule has 1 aliphatic rings. The monoisotopic (exact) mass is 529 g/mol. The van der Waals surface area contributed by atoms with Crippen LogP contribution in [0.25, 0.3) is 0 Å². The molecule has 2 amide bonds. The molecule has 0 aromatic rings. The van der Waals surface area contributed by atoms with Crippen molar-refractivity contribution >= 4 is 19.6 Å². The molecule has 15 heteroatoms. The van der Waals surface area contributed by atoms with Crippen molar-refractivity contribution in [1.82, 2.24) is 10.6 Å². The Morgan fingerprint density at radius 2 is 1.54 bits per heavy atom. The number of ether oxygens (including phenoxy) is 2. The second-order valence-electron chi connectivity index (χ2n) is 9.00. The van der Waals surface area contributed by atoms with Crippen LogP contribution >= 0.6 is 7.82 Å². The van der Waals surface area contributed by atoms with E-state index < -0.39 is 56.9 Å². The number of hydrogen-bond donors (Lipinski definition) is 5. The Hall–Kier alpha value is -1.19. The van der Waals surface area contributed by atoms with Crippen LogP contribution in [-0.4, -0.2) is 123 Å². The van der Waals surface area contributed by atoms with Crippen LogP contribution in [-0.2, 0) is 32.7 Å². The molecule has 6 atom stereocenters. The minimum Gasteiger partial charge on any atom is -0.756 e. The first kappa shape index (κ1) is 31.8. The molecule has 1 fully saturated rings. The van der Waals surface area contributed by atoms with Gasteiger partial charge >= 0.3 is 0 Å². The predicted octanol–water partition coefficient (Wildman–Crippen LogP) is -2.56. The SMILES string of the molecule is CCCOP(=O)([O-])OCCNC(=O)CCC(=O)NCCO[C@@H]1O[C@H](CO)[C@H](O)[C@H](O)[C@H]1[N+](C)(C)C. The largest absolute Gasteiger partial charge is 0.756 e. The first-order valence-corrected chi connectivity index (χ1v) is 13.0. The highest BCUT2D eigenvalue weighted by molar-refractivity contribution is 7.45. The third-order valence-electron chi connectivity index (χ3n) is 5.16. The van der Waals surface area contributed by atoms with E-state index in [9.17, 15) is 34.4 Å². The molecule has 0 bridgehead atoms. The minimum atomic E-state index is -4.38. The number of phosphoric acid groups is 1. The number of aliphatic hydroxyl groups excluding tert-OH is 3. The molecule has 1 rings (SSSR count). The van der Waals surface area contributed by atoms with E-state index >= 15 is 0 Å². The van der Waals surface area contributed by atoms with E-state index in [1.807, 2.05) is 0 Å². The van der Waals surface area contributed by atoms with Gasteiger partial charge in [0.15, 0.2) is 6.04 Å². The predicted molar refractivity (Wildman–Crippen MR) is 121 cm³/mol. The minimum absolute atomic E-state index is 0.0195. The smallest absolute Gasteiger partial charge is 0.267 e. The van der Waals surface area contributed by atoms with E-state index in [0.29, 0.717) is 6.42 Å². The Labute approximate surface area is 205 Å². The summed E-state index contributed by atoms with van der Waals surface area (Å²) in [5, 5.41) is 35.0. The number of rotatable bonds is 16. The third-order valence-corrected chi connectivity index (χ3v) is 6.15. The average molecular weight is 530 g/mol. The number of likely N-dealkylation sites (N-methyl/N-ethyl adjacent to an activating group) is 1. The standard InChI is InChI=1S/C20H40N3O11P/c1-5-10-32-35(29,30)33-12-9-22-16(26)7-6-15(25)21-8-11-31-20-17(23(2,3)4)19(28)18(27)14(13-24)34-20/h14,17-20,24,27-28H,5-13H2,1-4H3,(H2-,21,22,25,26,29,30)/t14-,17-,18+,19-,20-/m1/s1. The van der Waals surface area contributed by atoms with Gasteiger partial charge < -0.3 is 53.9 Å². The van der Waals surface area contributed by atoms with Crippen molar-refractivity contribution in [1.29, 1.82) is 0 Å². The number of quaternary nitrogens is 1. The molecule has 206 valence electrons.